The number of ether oxygens (including phenoxy) is 2. The zero-order valence-corrected chi connectivity index (χ0v) is 18.6. The number of rotatable bonds is 7. The van der Waals surface area contributed by atoms with Crippen molar-refractivity contribution in [1.82, 2.24) is 14.8 Å². The fraction of sp³-hybridized carbons (Fsp3) is 0.269. The van der Waals surface area contributed by atoms with E-state index in [0.29, 0.717) is 62.0 Å². The van der Waals surface area contributed by atoms with Crippen molar-refractivity contribution in [3.63, 3.8) is 0 Å². The van der Waals surface area contributed by atoms with Gasteiger partial charge in [0.05, 0.1) is 6.61 Å². The van der Waals surface area contributed by atoms with Crippen molar-refractivity contribution in [3.05, 3.63) is 89.7 Å². The summed E-state index contributed by atoms with van der Waals surface area (Å²) in [7, 11) is 0. The number of nitrogens with zero attached hydrogens (tertiary/aromatic N) is 3. The first-order valence-corrected chi connectivity index (χ1v) is 11.1. The van der Waals surface area contributed by atoms with Gasteiger partial charge in [-0.25, -0.2) is 0 Å². The highest BCUT2D eigenvalue weighted by molar-refractivity contribution is 5.96. The largest absolute Gasteiger partial charge is 0.490 e. The summed E-state index contributed by atoms with van der Waals surface area (Å²) in [5, 5.41) is 0. The van der Waals surface area contributed by atoms with E-state index in [9.17, 15) is 9.59 Å². The standard InChI is InChI=1S/C26H27N3O4/c1-2-32-24-18-22(8-9-23(24)33-19-20-10-12-27-13-11-20)26(31)29-16-14-28(15-17-29)25(30)21-6-4-3-5-7-21/h3-13,18H,2,14-17,19H2,1H3. The molecule has 2 aromatic carbocycles. The van der Waals surface area contributed by atoms with Crippen LogP contribution < -0.4 is 9.47 Å². The van der Waals surface area contributed by atoms with Gasteiger partial charge in [-0.2, -0.15) is 0 Å². The van der Waals surface area contributed by atoms with Crippen LogP contribution in [0, 0.1) is 0 Å². The average Bonchev–Trinajstić information content (AvgIpc) is 2.88. The van der Waals surface area contributed by atoms with E-state index in [1.165, 1.54) is 0 Å². The molecule has 2 amide bonds. The van der Waals surface area contributed by atoms with Crippen LogP contribution in [-0.4, -0.2) is 59.4 Å². The molecule has 0 bridgehead atoms. The summed E-state index contributed by atoms with van der Waals surface area (Å²) in [4.78, 5) is 33.3. The first-order chi connectivity index (χ1) is 16.2. The molecule has 1 aromatic heterocycles. The zero-order valence-electron chi connectivity index (χ0n) is 18.6. The van der Waals surface area contributed by atoms with Gasteiger partial charge < -0.3 is 19.3 Å². The first kappa shape index (κ1) is 22.3. The van der Waals surface area contributed by atoms with Crippen LogP contribution in [0.3, 0.4) is 0 Å². The van der Waals surface area contributed by atoms with Gasteiger partial charge in [-0.15, -0.1) is 0 Å². The molecule has 1 aliphatic rings. The lowest BCUT2D eigenvalue weighted by Gasteiger charge is -2.35. The third-order valence-corrected chi connectivity index (χ3v) is 5.51. The van der Waals surface area contributed by atoms with Crippen LogP contribution >= 0.6 is 0 Å². The molecule has 33 heavy (non-hydrogen) atoms. The summed E-state index contributed by atoms with van der Waals surface area (Å²) in [5.74, 6) is 1.04. The highest BCUT2D eigenvalue weighted by Crippen LogP contribution is 2.30. The molecule has 1 fully saturated rings. The summed E-state index contributed by atoms with van der Waals surface area (Å²) in [5.41, 5.74) is 2.20. The Kier molecular flexibility index (Phi) is 7.19. The lowest BCUT2D eigenvalue weighted by molar-refractivity contribution is 0.0535. The molecule has 0 N–H and O–H groups in total. The maximum Gasteiger partial charge on any atom is 0.254 e. The van der Waals surface area contributed by atoms with Crippen molar-refractivity contribution in [2.75, 3.05) is 32.8 Å². The van der Waals surface area contributed by atoms with E-state index in [1.807, 2.05) is 49.4 Å². The third-order valence-electron chi connectivity index (χ3n) is 5.51. The summed E-state index contributed by atoms with van der Waals surface area (Å²) < 4.78 is 11.7. The highest BCUT2D eigenvalue weighted by Gasteiger charge is 2.26. The minimum absolute atomic E-state index is 0.00275. The molecule has 1 aliphatic heterocycles. The molecule has 7 nitrogen and oxygen atoms in total. The molecule has 0 radical (unpaired) electrons. The first-order valence-electron chi connectivity index (χ1n) is 11.1. The van der Waals surface area contributed by atoms with Crippen molar-refractivity contribution in [3.8, 4) is 11.5 Å². The molecular formula is C26H27N3O4. The maximum absolute atomic E-state index is 13.1. The Labute approximate surface area is 193 Å². The minimum atomic E-state index is -0.0801. The predicted molar refractivity (Wildman–Crippen MR) is 124 cm³/mol. The van der Waals surface area contributed by atoms with E-state index in [4.69, 9.17) is 9.47 Å². The van der Waals surface area contributed by atoms with Crippen LogP contribution in [0.2, 0.25) is 0 Å². The highest BCUT2D eigenvalue weighted by atomic mass is 16.5. The van der Waals surface area contributed by atoms with Gasteiger partial charge in [-0.3, -0.25) is 14.6 Å². The summed E-state index contributed by atoms with van der Waals surface area (Å²) in [6.45, 7) is 4.72. The van der Waals surface area contributed by atoms with Gasteiger partial charge in [0.1, 0.15) is 6.61 Å². The van der Waals surface area contributed by atoms with E-state index in [1.54, 1.807) is 40.4 Å². The molecule has 0 spiro atoms. The van der Waals surface area contributed by atoms with Crippen molar-refractivity contribution in [1.29, 1.82) is 0 Å². The van der Waals surface area contributed by atoms with Crippen molar-refractivity contribution >= 4 is 11.8 Å². The maximum atomic E-state index is 13.1. The number of hydrogen-bond acceptors (Lipinski definition) is 5. The van der Waals surface area contributed by atoms with Gasteiger partial charge >= 0.3 is 0 Å². The van der Waals surface area contributed by atoms with Crippen molar-refractivity contribution < 1.29 is 19.1 Å². The van der Waals surface area contributed by atoms with Crippen LogP contribution in [0.1, 0.15) is 33.2 Å². The lowest BCUT2D eigenvalue weighted by Crippen LogP contribution is -2.50. The molecule has 0 atom stereocenters. The van der Waals surface area contributed by atoms with Gasteiger partial charge in [0, 0.05) is 49.7 Å². The normalized spacial score (nSPS) is 13.5. The number of carbonyl (C=O) groups is 2. The molecule has 2 heterocycles. The smallest absolute Gasteiger partial charge is 0.254 e. The van der Waals surface area contributed by atoms with E-state index in [0.717, 1.165) is 5.56 Å². The Hall–Kier alpha value is -3.87. The number of amides is 2. The number of pyridine rings is 1. The second kappa shape index (κ2) is 10.6. The molecule has 1 saturated heterocycles. The number of aromatic nitrogens is 1. The monoisotopic (exact) mass is 445 g/mol. The summed E-state index contributed by atoms with van der Waals surface area (Å²) in [6, 6.07) is 18.3. The van der Waals surface area contributed by atoms with Crippen LogP contribution in [0.4, 0.5) is 0 Å². The average molecular weight is 446 g/mol. The van der Waals surface area contributed by atoms with Crippen LogP contribution in [0.5, 0.6) is 11.5 Å². The van der Waals surface area contributed by atoms with Crippen molar-refractivity contribution in [2.24, 2.45) is 0 Å². The molecule has 0 unspecified atom stereocenters. The molecular weight excluding hydrogens is 418 g/mol. The molecule has 7 heteroatoms. The Bertz CT molecular complexity index is 1080. The predicted octanol–water partition coefficient (Wildman–Crippen LogP) is 3.66. The molecule has 3 aromatic rings. The van der Waals surface area contributed by atoms with Gasteiger partial charge in [-0.05, 0) is 55.0 Å². The summed E-state index contributed by atoms with van der Waals surface area (Å²) >= 11 is 0. The van der Waals surface area contributed by atoms with Gasteiger partial charge in [0.15, 0.2) is 11.5 Å². The van der Waals surface area contributed by atoms with Crippen LogP contribution in [0.15, 0.2) is 73.1 Å². The SMILES string of the molecule is CCOc1cc(C(=O)N2CCN(C(=O)c3ccccc3)CC2)ccc1OCc1ccncc1. The number of benzene rings is 2. The van der Waals surface area contributed by atoms with Crippen LogP contribution in [0.25, 0.3) is 0 Å². The second-order valence-electron chi connectivity index (χ2n) is 7.69. The minimum Gasteiger partial charge on any atom is -0.490 e. The third kappa shape index (κ3) is 5.49. The molecule has 0 aliphatic carbocycles. The lowest BCUT2D eigenvalue weighted by atomic mass is 10.1. The van der Waals surface area contributed by atoms with Gasteiger partial charge in [-0.1, -0.05) is 18.2 Å². The second-order valence-corrected chi connectivity index (χ2v) is 7.69. The van der Waals surface area contributed by atoms with E-state index in [-0.39, 0.29) is 11.8 Å². The zero-order chi connectivity index (χ0) is 23.0. The fourth-order valence-corrected chi connectivity index (χ4v) is 3.73. The Morgan fingerprint density at radius 2 is 1.42 bits per heavy atom. The summed E-state index contributed by atoms with van der Waals surface area (Å²) in [6.07, 6.45) is 3.44. The van der Waals surface area contributed by atoms with E-state index < -0.39 is 0 Å². The van der Waals surface area contributed by atoms with E-state index in [2.05, 4.69) is 4.98 Å². The Balaban J connectivity index is 1.39. The Morgan fingerprint density at radius 3 is 2.06 bits per heavy atom. The molecule has 0 saturated carbocycles. The van der Waals surface area contributed by atoms with E-state index >= 15 is 0 Å². The fourth-order valence-electron chi connectivity index (χ4n) is 3.73. The van der Waals surface area contributed by atoms with Gasteiger partial charge in [0.2, 0.25) is 0 Å². The Morgan fingerprint density at radius 1 is 0.788 bits per heavy atom. The number of hydrogen-bond donors (Lipinski definition) is 0. The van der Waals surface area contributed by atoms with Crippen molar-refractivity contribution in [2.45, 2.75) is 13.5 Å². The topological polar surface area (TPSA) is 72.0 Å². The molecule has 4 rings (SSSR count). The van der Waals surface area contributed by atoms with Gasteiger partial charge in [0.25, 0.3) is 11.8 Å². The quantitative estimate of drug-likeness (QED) is 0.555. The number of piperazine rings is 1. The molecule has 170 valence electrons. The van der Waals surface area contributed by atoms with Crippen LogP contribution in [-0.2, 0) is 6.61 Å². The number of carbonyl (C=O) groups excluding carboxylic acids is 2.